The van der Waals surface area contributed by atoms with E-state index < -0.39 is 0 Å². The zero-order valence-corrected chi connectivity index (χ0v) is 12.7. The fourth-order valence-corrected chi connectivity index (χ4v) is 2.37. The summed E-state index contributed by atoms with van der Waals surface area (Å²) in [5.41, 5.74) is 5.31. The number of ketones is 1. The fraction of sp³-hybridized carbons (Fsp3) is 0.222. The van der Waals surface area contributed by atoms with Crippen molar-refractivity contribution >= 4 is 23.4 Å². The highest BCUT2D eigenvalue weighted by Gasteiger charge is 2.10. The Bertz CT molecular complexity index is 626. The molecule has 102 valence electrons. The number of benzene rings is 2. The summed E-state index contributed by atoms with van der Waals surface area (Å²) >= 11 is 4.88. The molecule has 0 amide bonds. The highest BCUT2D eigenvalue weighted by atomic mass is 32.1. The Morgan fingerprint density at radius 2 is 1.80 bits per heavy atom. The molecule has 20 heavy (non-hydrogen) atoms. The third kappa shape index (κ3) is 3.40. The normalized spacial score (nSPS) is 10.3. The van der Waals surface area contributed by atoms with Crippen LogP contribution in [-0.2, 0) is 6.42 Å². The van der Waals surface area contributed by atoms with Gasteiger partial charge in [-0.1, -0.05) is 54.7 Å². The van der Waals surface area contributed by atoms with Crippen LogP contribution in [0.3, 0.4) is 0 Å². The van der Waals surface area contributed by atoms with E-state index in [-0.39, 0.29) is 5.78 Å². The second-order valence-corrected chi connectivity index (χ2v) is 5.27. The van der Waals surface area contributed by atoms with Crippen molar-refractivity contribution in [1.82, 2.24) is 0 Å². The predicted molar refractivity (Wildman–Crippen MR) is 87.8 cm³/mol. The Kier molecular flexibility index (Phi) is 4.80. The van der Waals surface area contributed by atoms with Gasteiger partial charge in [0.2, 0.25) is 0 Å². The van der Waals surface area contributed by atoms with Crippen molar-refractivity contribution in [2.75, 3.05) is 0 Å². The van der Waals surface area contributed by atoms with Crippen LogP contribution in [0, 0.1) is 13.8 Å². The average molecular weight is 282 g/mol. The number of hydrogen-bond acceptors (Lipinski definition) is 2. The third-order valence-corrected chi connectivity index (χ3v) is 3.93. The quantitative estimate of drug-likeness (QED) is 0.594. The Morgan fingerprint density at radius 3 is 2.45 bits per heavy atom. The van der Waals surface area contributed by atoms with Crippen LogP contribution in [0.15, 0.2) is 42.5 Å². The predicted octanol–water partition coefficient (Wildman–Crippen LogP) is 4.47. The first kappa shape index (κ1) is 14.6. The van der Waals surface area contributed by atoms with Gasteiger partial charge in [-0.2, -0.15) is 0 Å². The van der Waals surface area contributed by atoms with Gasteiger partial charge < -0.3 is 0 Å². The zero-order valence-electron chi connectivity index (χ0n) is 11.8. The number of hydrogen-bond donors (Lipinski definition) is 0. The topological polar surface area (TPSA) is 17.1 Å². The minimum Gasteiger partial charge on any atom is -0.294 e. The molecule has 0 aliphatic carbocycles. The Labute approximate surface area is 125 Å². The van der Waals surface area contributed by atoms with Gasteiger partial charge in [-0.3, -0.25) is 4.79 Å². The summed E-state index contributed by atoms with van der Waals surface area (Å²) in [5.74, 6) is 0.213. The van der Waals surface area contributed by atoms with Crippen LogP contribution in [0.2, 0.25) is 0 Å². The molecule has 0 saturated carbocycles. The molecule has 1 nitrogen and oxygen atoms in total. The minimum atomic E-state index is 0.213. The zero-order chi connectivity index (χ0) is 14.5. The van der Waals surface area contributed by atoms with Gasteiger partial charge in [-0.15, -0.1) is 0 Å². The summed E-state index contributed by atoms with van der Waals surface area (Å²) in [6.45, 7) is 4.05. The fourth-order valence-electron chi connectivity index (χ4n) is 2.21. The lowest BCUT2D eigenvalue weighted by molar-refractivity contribution is 0.0982. The number of carbonyl (C=O) groups is 1. The molecule has 0 aliphatic rings. The standard InChI is InChI=1S/C18H18OS/c1-13-4-3-5-17(14(13)2)18(19)11-10-15-6-8-16(12-20)9-7-15/h3-9,12H,10-11H2,1-2H3. The molecule has 0 saturated heterocycles. The molecule has 2 heteroatoms. The largest absolute Gasteiger partial charge is 0.294 e. The van der Waals surface area contributed by atoms with Crippen molar-refractivity contribution in [3.63, 3.8) is 0 Å². The maximum Gasteiger partial charge on any atom is 0.163 e. The number of rotatable bonds is 5. The highest BCUT2D eigenvalue weighted by molar-refractivity contribution is 7.79. The Hall–Kier alpha value is -1.80. The molecule has 0 aromatic heterocycles. The van der Waals surface area contributed by atoms with E-state index in [4.69, 9.17) is 12.2 Å². The number of Topliss-reactive ketones (excluding diaryl/α,β-unsaturated/α-hetero) is 1. The lowest BCUT2D eigenvalue weighted by atomic mass is 9.96. The van der Waals surface area contributed by atoms with Crippen LogP contribution in [0.1, 0.15) is 39.0 Å². The summed E-state index contributed by atoms with van der Waals surface area (Å²) in [6, 6.07) is 14.0. The van der Waals surface area contributed by atoms with Gasteiger partial charge in [-0.25, -0.2) is 0 Å². The molecule has 0 aliphatic heterocycles. The van der Waals surface area contributed by atoms with Crippen molar-refractivity contribution in [2.24, 2.45) is 0 Å². The summed E-state index contributed by atoms with van der Waals surface area (Å²) in [6.07, 6.45) is 1.31. The van der Waals surface area contributed by atoms with Gasteiger partial charge in [0.05, 0.1) is 0 Å². The highest BCUT2D eigenvalue weighted by Crippen LogP contribution is 2.16. The van der Waals surface area contributed by atoms with Crippen LogP contribution >= 0.6 is 12.2 Å². The maximum absolute atomic E-state index is 12.3. The van der Waals surface area contributed by atoms with E-state index in [1.54, 1.807) is 5.37 Å². The number of aryl methyl sites for hydroxylation is 2. The number of thiocarbonyl (C=S) groups is 1. The molecular formula is C18H18OS. The summed E-state index contributed by atoms with van der Waals surface area (Å²) in [7, 11) is 0. The van der Waals surface area contributed by atoms with E-state index in [2.05, 4.69) is 0 Å². The van der Waals surface area contributed by atoms with Gasteiger partial charge in [0, 0.05) is 17.4 Å². The van der Waals surface area contributed by atoms with E-state index in [0.717, 1.165) is 23.1 Å². The van der Waals surface area contributed by atoms with Crippen LogP contribution in [0.25, 0.3) is 0 Å². The first-order valence-electron chi connectivity index (χ1n) is 6.75. The van der Waals surface area contributed by atoms with E-state index in [0.29, 0.717) is 6.42 Å². The average Bonchev–Trinajstić information content (AvgIpc) is 2.48. The molecule has 0 spiro atoms. The van der Waals surface area contributed by atoms with Gasteiger partial charge >= 0.3 is 0 Å². The van der Waals surface area contributed by atoms with Crippen molar-refractivity contribution in [3.8, 4) is 0 Å². The van der Waals surface area contributed by atoms with Crippen molar-refractivity contribution in [2.45, 2.75) is 26.7 Å². The molecule has 0 N–H and O–H groups in total. The molecular weight excluding hydrogens is 264 g/mol. The van der Waals surface area contributed by atoms with E-state index in [1.807, 2.05) is 56.3 Å². The molecule has 0 bridgehead atoms. The molecule has 0 atom stereocenters. The Balaban J connectivity index is 2.04. The second kappa shape index (κ2) is 6.58. The third-order valence-electron chi connectivity index (χ3n) is 3.66. The van der Waals surface area contributed by atoms with Crippen molar-refractivity contribution < 1.29 is 4.79 Å². The second-order valence-electron chi connectivity index (χ2n) is 5.03. The van der Waals surface area contributed by atoms with Crippen LogP contribution < -0.4 is 0 Å². The summed E-state index contributed by atoms with van der Waals surface area (Å²) in [4.78, 5) is 12.3. The van der Waals surface area contributed by atoms with Crippen LogP contribution in [0.4, 0.5) is 0 Å². The molecule has 2 rings (SSSR count). The van der Waals surface area contributed by atoms with E-state index in [9.17, 15) is 4.79 Å². The van der Waals surface area contributed by atoms with Crippen LogP contribution in [-0.4, -0.2) is 11.2 Å². The SMILES string of the molecule is Cc1cccc(C(=O)CCc2ccc(C=S)cc2)c1C. The van der Waals surface area contributed by atoms with Crippen molar-refractivity contribution in [1.29, 1.82) is 0 Å². The lowest BCUT2D eigenvalue weighted by Crippen LogP contribution is -2.04. The molecule has 0 fully saturated rings. The maximum atomic E-state index is 12.3. The van der Waals surface area contributed by atoms with Gasteiger partial charge in [0.15, 0.2) is 5.78 Å². The van der Waals surface area contributed by atoms with Crippen LogP contribution in [0.5, 0.6) is 0 Å². The van der Waals surface area contributed by atoms with Gasteiger partial charge in [-0.05, 0) is 42.5 Å². The summed E-state index contributed by atoms with van der Waals surface area (Å²) in [5, 5.41) is 1.66. The van der Waals surface area contributed by atoms with E-state index >= 15 is 0 Å². The number of carbonyl (C=O) groups excluding carboxylic acids is 1. The molecule has 0 unspecified atom stereocenters. The monoisotopic (exact) mass is 282 g/mol. The minimum absolute atomic E-state index is 0.213. The molecule has 0 radical (unpaired) electrons. The van der Waals surface area contributed by atoms with E-state index in [1.165, 1.54) is 11.1 Å². The first-order valence-corrected chi connectivity index (χ1v) is 7.22. The lowest BCUT2D eigenvalue weighted by Gasteiger charge is -2.07. The van der Waals surface area contributed by atoms with Gasteiger partial charge in [0.1, 0.15) is 0 Å². The first-order chi connectivity index (χ1) is 9.61. The Morgan fingerprint density at radius 1 is 1.10 bits per heavy atom. The summed E-state index contributed by atoms with van der Waals surface area (Å²) < 4.78 is 0. The molecule has 0 heterocycles. The molecule has 2 aromatic carbocycles. The van der Waals surface area contributed by atoms with Crippen molar-refractivity contribution in [3.05, 3.63) is 70.3 Å². The van der Waals surface area contributed by atoms with Gasteiger partial charge in [0.25, 0.3) is 0 Å². The molecule has 2 aromatic rings. The smallest absolute Gasteiger partial charge is 0.163 e.